The Morgan fingerprint density at radius 2 is 2.06 bits per heavy atom. The monoisotopic (exact) mass is 288 g/mol. The molecule has 2 aromatic heterocycles. The average molecular weight is 289 g/mol. The minimum atomic E-state index is 0.578. The molecule has 1 aliphatic rings. The quantitative estimate of drug-likeness (QED) is 0.734. The number of thioether (sulfide) groups is 1. The van der Waals surface area contributed by atoms with Crippen molar-refractivity contribution < 1.29 is 0 Å². The number of hydrogen-bond donors (Lipinski definition) is 0. The molecule has 2 nitrogen and oxygen atoms in total. The molecule has 0 aliphatic carbocycles. The van der Waals surface area contributed by atoms with Gasteiger partial charge in [0.1, 0.15) is 5.15 Å². The summed E-state index contributed by atoms with van der Waals surface area (Å²) < 4.78 is 0. The predicted molar refractivity (Wildman–Crippen MR) is 70.4 cm³/mol. The number of rotatable bonds is 1. The zero-order valence-electron chi connectivity index (χ0n) is 8.04. The standard InChI is InChI=1S/C10H6Cl2N2S2/c11-5-1-8(16-2-5)10-13-7-4-15-3-6(7)9(12)14-10/h1-2H,3-4H2. The SMILES string of the molecule is Clc1csc(-c2nc(Cl)c3c(n2)CSC3)c1. The van der Waals surface area contributed by atoms with Crippen LogP contribution in [0.2, 0.25) is 10.2 Å². The van der Waals surface area contributed by atoms with Crippen LogP contribution >= 0.6 is 46.3 Å². The van der Waals surface area contributed by atoms with Gasteiger partial charge < -0.3 is 0 Å². The molecule has 3 rings (SSSR count). The van der Waals surface area contributed by atoms with Crippen molar-refractivity contribution in [2.24, 2.45) is 0 Å². The summed E-state index contributed by atoms with van der Waals surface area (Å²) >= 11 is 15.4. The third-order valence-electron chi connectivity index (χ3n) is 2.32. The maximum absolute atomic E-state index is 6.14. The largest absolute Gasteiger partial charge is 0.231 e. The molecule has 0 unspecified atom stereocenters. The fraction of sp³-hybridized carbons (Fsp3) is 0.200. The second-order valence-electron chi connectivity index (χ2n) is 3.39. The molecule has 0 saturated heterocycles. The topological polar surface area (TPSA) is 25.8 Å². The summed E-state index contributed by atoms with van der Waals surface area (Å²) in [6, 6.07) is 1.87. The zero-order chi connectivity index (χ0) is 11.1. The molecule has 0 bridgehead atoms. The molecule has 0 aromatic carbocycles. The molecule has 2 aromatic rings. The smallest absolute Gasteiger partial charge is 0.171 e. The van der Waals surface area contributed by atoms with Crippen LogP contribution in [0.4, 0.5) is 0 Å². The molecule has 16 heavy (non-hydrogen) atoms. The van der Waals surface area contributed by atoms with Crippen LogP contribution in [0.1, 0.15) is 11.3 Å². The van der Waals surface area contributed by atoms with E-state index in [1.165, 1.54) is 11.3 Å². The normalized spacial score (nSPS) is 14.1. The number of fused-ring (bicyclic) bond motifs is 1. The van der Waals surface area contributed by atoms with Crippen LogP contribution < -0.4 is 0 Å². The fourth-order valence-corrected chi connectivity index (χ4v) is 3.94. The Labute approximate surface area is 111 Å². The molecule has 0 saturated carbocycles. The van der Waals surface area contributed by atoms with Crippen LogP contribution in [0.3, 0.4) is 0 Å². The first-order chi connectivity index (χ1) is 7.74. The summed E-state index contributed by atoms with van der Waals surface area (Å²) in [5, 5.41) is 3.17. The van der Waals surface area contributed by atoms with E-state index in [-0.39, 0.29) is 0 Å². The Bertz CT molecular complexity index is 554. The summed E-state index contributed by atoms with van der Waals surface area (Å²) in [5.41, 5.74) is 2.14. The van der Waals surface area contributed by atoms with E-state index in [1.54, 1.807) is 0 Å². The Balaban J connectivity index is 2.12. The molecule has 0 N–H and O–H groups in total. The lowest BCUT2D eigenvalue weighted by atomic mass is 10.3. The number of halogens is 2. The molecule has 6 heteroatoms. The molecule has 0 fully saturated rings. The van der Waals surface area contributed by atoms with E-state index in [9.17, 15) is 0 Å². The first-order valence-corrected chi connectivity index (χ1v) is 7.40. The Hall–Kier alpha value is -0.290. The zero-order valence-corrected chi connectivity index (χ0v) is 11.2. The van der Waals surface area contributed by atoms with Crippen LogP contribution in [0.25, 0.3) is 10.7 Å². The Morgan fingerprint density at radius 1 is 1.19 bits per heavy atom. The van der Waals surface area contributed by atoms with Gasteiger partial charge in [0.2, 0.25) is 0 Å². The first-order valence-electron chi connectivity index (χ1n) is 4.61. The van der Waals surface area contributed by atoms with Gasteiger partial charge >= 0.3 is 0 Å². The van der Waals surface area contributed by atoms with E-state index in [0.717, 1.165) is 32.7 Å². The molecule has 0 spiro atoms. The second-order valence-corrected chi connectivity index (χ2v) is 6.08. The van der Waals surface area contributed by atoms with Gasteiger partial charge in [-0.05, 0) is 6.07 Å². The van der Waals surface area contributed by atoms with Gasteiger partial charge in [0.15, 0.2) is 5.82 Å². The highest BCUT2D eigenvalue weighted by Gasteiger charge is 2.19. The van der Waals surface area contributed by atoms with Gasteiger partial charge in [-0.2, -0.15) is 11.8 Å². The van der Waals surface area contributed by atoms with E-state index in [4.69, 9.17) is 23.2 Å². The van der Waals surface area contributed by atoms with Crippen molar-refractivity contribution in [3.05, 3.63) is 32.9 Å². The van der Waals surface area contributed by atoms with E-state index in [0.29, 0.717) is 11.0 Å². The molecule has 3 heterocycles. The summed E-state index contributed by atoms with van der Waals surface area (Å²) in [6.07, 6.45) is 0. The molecular formula is C10H6Cl2N2S2. The Morgan fingerprint density at radius 3 is 2.81 bits per heavy atom. The van der Waals surface area contributed by atoms with Crippen molar-refractivity contribution in [3.8, 4) is 10.7 Å². The molecule has 1 aliphatic heterocycles. The average Bonchev–Trinajstić information content (AvgIpc) is 2.85. The fourth-order valence-electron chi connectivity index (χ4n) is 1.55. The van der Waals surface area contributed by atoms with Crippen molar-refractivity contribution in [2.45, 2.75) is 11.5 Å². The number of hydrogen-bond acceptors (Lipinski definition) is 4. The number of aromatic nitrogens is 2. The minimum absolute atomic E-state index is 0.578. The van der Waals surface area contributed by atoms with Crippen LogP contribution in [0.15, 0.2) is 11.4 Å². The van der Waals surface area contributed by atoms with E-state index in [1.807, 2.05) is 23.2 Å². The molecule has 0 amide bonds. The van der Waals surface area contributed by atoms with E-state index >= 15 is 0 Å². The summed E-state index contributed by atoms with van der Waals surface area (Å²) in [4.78, 5) is 9.82. The highest BCUT2D eigenvalue weighted by atomic mass is 35.5. The van der Waals surface area contributed by atoms with Gasteiger partial charge in [0, 0.05) is 22.4 Å². The third-order valence-corrected chi connectivity index (χ3v) is 4.87. The minimum Gasteiger partial charge on any atom is -0.231 e. The lowest BCUT2D eigenvalue weighted by Crippen LogP contribution is -1.96. The first kappa shape index (κ1) is 10.8. The summed E-state index contributed by atoms with van der Waals surface area (Å²) in [7, 11) is 0. The lowest BCUT2D eigenvalue weighted by Gasteiger charge is -2.02. The highest BCUT2D eigenvalue weighted by Crippen LogP contribution is 2.35. The van der Waals surface area contributed by atoms with Crippen LogP contribution in [-0.4, -0.2) is 9.97 Å². The van der Waals surface area contributed by atoms with E-state index in [2.05, 4.69) is 9.97 Å². The molecular weight excluding hydrogens is 283 g/mol. The number of thiophene rings is 1. The number of nitrogens with zero attached hydrogens (tertiary/aromatic N) is 2. The van der Waals surface area contributed by atoms with Gasteiger partial charge in [-0.25, -0.2) is 9.97 Å². The van der Waals surface area contributed by atoms with Gasteiger partial charge in [-0.1, -0.05) is 23.2 Å². The maximum atomic E-state index is 6.14. The maximum Gasteiger partial charge on any atom is 0.171 e. The van der Waals surface area contributed by atoms with Gasteiger partial charge in [0.05, 0.1) is 15.6 Å². The Kier molecular flexibility index (Phi) is 2.83. The third kappa shape index (κ3) is 1.84. The molecule has 0 radical (unpaired) electrons. The predicted octanol–water partition coefficient (Wildman–Crippen LogP) is 4.26. The van der Waals surface area contributed by atoms with Crippen molar-refractivity contribution in [1.82, 2.24) is 9.97 Å². The van der Waals surface area contributed by atoms with E-state index < -0.39 is 0 Å². The highest BCUT2D eigenvalue weighted by molar-refractivity contribution is 7.98. The van der Waals surface area contributed by atoms with Gasteiger partial charge in [-0.3, -0.25) is 0 Å². The van der Waals surface area contributed by atoms with Crippen LogP contribution in [0, 0.1) is 0 Å². The summed E-state index contributed by atoms with van der Waals surface area (Å²) in [5.74, 6) is 2.52. The van der Waals surface area contributed by atoms with Crippen molar-refractivity contribution in [3.63, 3.8) is 0 Å². The second kappa shape index (κ2) is 4.18. The molecule has 0 atom stereocenters. The van der Waals surface area contributed by atoms with Crippen molar-refractivity contribution in [1.29, 1.82) is 0 Å². The van der Waals surface area contributed by atoms with Crippen molar-refractivity contribution >= 4 is 46.3 Å². The lowest BCUT2D eigenvalue weighted by molar-refractivity contribution is 1.08. The van der Waals surface area contributed by atoms with Gasteiger partial charge in [0.25, 0.3) is 0 Å². The van der Waals surface area contributed by atoms with Crippen LogP contribution in [-0.2, 0) is 11.5 Å². The molecule has 82 valence electrons. The van der Waals surface area contributed by atoms with Crippen LogP contribution in [0.5, 0.6) is 0 Å². The van der Waals surface area contributed by atoms with Gasteiger partial charge in [-0.15, -0.1) is 11.3 Å². The summed E-state index contributed by atoms with van der Waals surface area (Å²) in [6.45, 7) is 0. The van der Waals surface area contributed by atoms with Crippen molar-refractivity contribution in [2.75, 3.05) is 0 Å².